The van der Waals surface area contributed by atoms with Crippen molar-refractivity contribution in [1.82, 2.24) is 5.43 Å². The van der Waals surface area contributed by atoms with Gasteiger partial charge in [-0.2, -0.15) is 5.10 Å². The van der Waals surface area contributed by atoms with Gasteiger partial charge in [0.2, 0.25) is 0 Å². The molecule has 2 unspecified atom stereocenters. The average molecular weight is 301 g/mol. The van der Waals surface area contributed by atoms with Crippen molar-refractivity contribution >= 4 is 21.6 Å². The van der Waals surface area contributed by atoms with Crippen LogP contribution in [0.4, 0.5) is 0 Å². The van der Waals surface area contributed by atoms with Gasteiger partial charge in [0.25, 0.3) is 0 Å². The zero-order chi connectivity index (χ0) is 12.4. The van der Waals surface area contributed by atoms with Gasteiger partial charge in [-0.15, -0.1) is 0 Å². The van der Waals surface area contributed by atoms with Gasteiger partial charge in [-0.3, -0.25) is 0 Å². The number of nitrogens with one attached hydrogen (secondary N) is 1. The molecule has 18 heavy (non-hydrogen) atoms. The van der Waals surface area contributed by atoms with Gasteiger partial charge >= 0.3 is 0 Å². The van der Waals surface area contributed by atoms with Gasteiger partial charge in [-0.05, 0) is 11.1 Å². The molecule has 1 aliphatic rings. The number of benzene rings is 2. The van der Waals surface area contributed by atoms with Gasteiger partial charge in [0.15, 0.2) is 0 Å². The summed E-state index contributed by atoms with van der Waals surface area (Å²) in [4.78, 5) is 0.197. The van der Waals surface area contributed by atoms with Crippen LogP contribution in [-0.4, -0.2) is 10.5 Å². The second-order valence-electron chi connectivity index (χ2n) is 4.28. The predicted octanol–water partition coefficient (Wildman–Crippen LogP) is 3.50. The van der Waals surface area contributed by atoms with E-state index in [4.69, 9.17) is 0 Å². The van der Waals surface area contributed by atoms with E-state index >= 15 is 0 Å². The maximum absolute atomic E-state index is 4.46. The van der Waals surface area contributed by atoms with Crippen LogP contribution >= 0.6 is 15.9 Å². The maximum Gasteiger partial charge on any atom is 0.0871 e. The third-order valence-electron chi connectivity index (χ3n) is 3.11. The molecule has 1 N–H and O–H groups in total. The molecule has 0 saturated carbocycles. The summed E-state index contributed by atoms with van der Waals surface area (Å²) in [5.74, 6) is 0. The topological polar surface area (TPSA) is 24.4 Å². The van der Waals surface area contributed by atoms with Crippen molar-refractivity contribution in [2.75, 3.05) is 0 Å². The van der Waals surface area contributed by atoms with Crippen molar-refractivity contribution in [3.05, 3.63) is 71.8 Å². The highest BCUT2D eigenvalue weighted by atomic mass is 79.9. The van der Waals surface area contributed by atoms with Crippen molar-refractivity contribution < 1.29 is 0 Å². The van der Waals surface area contributed by atoms with E-state index in [1.165, 1.54) is 5.56 Å². The molecule has 3 rings (SSSR count). The molecule has 2 atom stereocenters. The number of nitrogens with zero attached hydrogens (tertiary/aromatic N) is 1. The third-order valence-corrected chi connectivity index (χ3v) is 4.07. The van der Waals surface area contributed by atoms with E-state index in [1.807, 2.05) is 24.3 Å². The van der Waals surface area contributed by atoms with Gasteiger partial charge in [-0.1, -0.05) is 76.6 Å². The van der Waals surface area contributed by atoms with E-state index in [-0.39, 0.29) is 10.9 Å². The number of hydrogen-bond donors (Lipinski definition) is 1. The van der Waals surface area contributed by atoms with Crippen LogP contribution in [0, 0.1) is 0 Å². The Labute approximate surface area is 115 Å². The molecule has 0 aliphatic carbocycles. The molecule has 3 heteroatoms. The van der Waals surface area contributed by atoms with Crippen molar-refractivity contribution in [2.24, 2.45) is 5.10 Å². The van der Waals surface area contributed by atoms with Crippen LogP contribution in [0.15, 0.2) is 65.8 Å². The molecule has 90 valence electrons. The van der Waals surface area contributed by atoms with Gasteiger partial charge in [0, 0.05) is 0 Å². The molecule has 0 bridgehead atoms. The van der Waals surface area contributed by atoms with Crippen molar-refractivity contribution in [1.29, 1.82) is 0 Å². The molecular weight excluding hydrogens is 288 g/mol. The fraction of sp³-hybridized carbons (Fsp3) is 0.133. The van der Waals surface area contributed by atoms with E-state index in [0.29, 0.717) is 0 Å². The minimum atomic E-state index is 0.196. The number of alkyl halides is 1. The molecule has 1 aliphatic heterocycles. The lowest BCUT2D eigenvalue weighted by Crippen LogP contribution is -2.21. The lowest BCUT2D eigenvalue weighted by Gasteiger charge is -2.15. The van der Waals surface area contributed by atoms with E-state index in [2.05, 4.69) is 62.9 Å². The predicted molar refractivity (Wildman–Crippen MR) is 78.0 cm³/mol. The first-order valence-corrected chi connectivity index (χ1v) is 6.85. The highest BCUT2D eigenvalue weighted by molar-refractivity contribution is 9.10. The summed E-state index contributed by atoms with van der Waals surface area (Å²) >= 11 is 3.75. The molecule has 0 aromatic heterocycles. The first kappa shape index (κ1) is 11.5. The molecule has 0 fully saturated rings. The van der Waals surface area contributed by atoms with Crippen molar-refractivity contribution in [2.45, 2.75) is 10.9 Å². The molecule has 0 amide bonds. The molecule has 2 nitrogen and oxygen atoms in total. The standard InChI is InChI=1S/C15H13BrN2/c16-13-14(11-7-3-1-4-8-11)17-18-15(13)12-9-5-2-6-10-12/h1-10,13-14,17H. The zero-order valence-corrected chi connectivity index (χ0v) is 11.3. The number of hydrogen-bond acceptors (Lipinski definition) is 2. The van der Waals surface area contributed by atoms with Crippen LogP contribution in [0.5, 0.6) is 0 Å². The average Bonchev–Trinajstić information content (AvgIpc) is 2.83. The minimum Gasteiger partial charge on any atom is -0.301 e. The molecule has 2 aromatic carbocycles. The largest absolute Gasteiger partial charge is 0.301 e. The number of rotatable bonds is 2. The molecule has 0 spiro atoms. The fourth-order valence-corrected chi connectivity index (χ4v) is 2.95. The quantitative estimate of drug-likeness (QED) is 0.844. The summed E-state index contributed by atoms with van der Waals surface area (Å²) < 4.78 is 0. The normalized spacial score (nSPS) is 22.4. The van der Waals surface area contributed by atoms with Crippen LogP contribution in [0.3, 0.4) is 0 Å². The van der Waals surface area contributed by atoms with E-state index in [1.54, 1.807) is 0 Å². The van der Waals surface area contributed by atoms with Crippen LogP contribution < -0.4 is 5.43 Å². The van der Waals surface area contributed by atoms with Crippen LogP contribution in [0.1, 0.15) is 17.2 Å². The first-order valence-electron chi connectivity index (χ1n) is 5.94. The van der Waals surface area contributed by atoms with Gasteiger partial charge < -0.3 is 5.43 Å². The summed E-state index contributed by atoms with van der Waals surface area (Å²) in [6.07, 6.45) is 0. The SMILES string of the molecule is BrC1C(c2ccccc2)=NNC1c1ccccc1. The van der Waals surface area contributed by atoms with Gasteiger partial charge in [0.05, 0.1) is 16.6 Å². The Kier molecular flexibility index (Phi) is 3.15. The Balaban J connectivity index is 1.87. The summed E-state index contributed by atoms with van der Waals surface area (Å²) in [5.41, 5.74) is 6.67. The second-order valence-corrected chi connectivity index (χ2v) is 5.27. The Morgan fingerprint density at radius 1 is 0.889 bits per heavy atom. The second kappa shape index (κ2) is 4.94. The lowest BCUT2D eigenvalue weighted by molar-refractivity contribution is 0.631. The minimum absolute atomic E-state index is 0.196. The summed E-state index contributed by atoms with van der Waals surface area (Å²) in [6, 6.07) is 20.8. The van der Waals surface area contributed by atoms with Gasteiger partial charge in [0.1, 0.15) is 0 Å². The highest BCUT2D eigenvalue weighted by Crippen LogP contribution is 2.30. The van der Waals surface area contributed by atoms with E-state index < -0.39 is 0 Å². The zero-order valence-electron chi connectivity index (χ0n) is 9.75. The summed E-state index contributed by atoms with van der Waals surface area (Å²) in [6.45, 7) is 0. The monoisotopic (exact) mass is 300 g/mol. The molecule has 1 heterocycles. The Bertz CT molecular complexity index is 551. The number of hydrazone groups is 1. The van der Waals surface area contributed by atoms with Crippen LogP contribution in [-0.2, 0) is 0 Å². The highest BCUT2D eigenvalue weighted by Gasteiger charge is 2.31. The summed E-state index contributed by atoms with van der Waals surface area (Å²) in [7, 11) is 0. The Morgan fingerprint density at radius 3 is 2.17 bits per heavy atom. The van der Waals surface area contributed by atoms with E-state index in [0.717, 1.165) is 11.3 Å². The smallest absolute Gasteiger partial charge is 0.0871 e. The molecule has 2 aromatic rings. The van der Waals surface area contributed by atoms with Crippen LogP contribution in [0.25, 0.3) is 0 Å². The lowest BCUT2D eigenvalue weighted by atomic mass is 9.99. The van der Waals surface area contributed by atoms with E-state index in [9.17, 15) is 0 Å². The van der Waals surface area contributed by atoms with Crippen molar-refractivity contribution in [3.8, 4) is 0 Å². The number of halogens is 1. The third kappa shape index (κ3) is 2.06. The van der Waals surface area contributed by atoms with Crippen molar-refractivity contribution in [3.63, 3.8) is 0 Å². The summed E-state index contributed by atoms with van der Waals surface area (Å²) in [5, 5.41) is 4.46. The molecule has 0 saturated heterocycles. The molecular formula is C15H13BrN2. The first-order chi connectivity index (χ1) is 8.86. The molecule has 0 radical (unpaired) electrons. The van der Waals surface area contributed by atoms with Gasteiger partial charge in [-0.25, -0.2) is 0 Å². The fourth-order valence-electron chi connectivity index (χ4n) is 2.16. The maximum atomic E-state index is 4.46. The van der Waals surface area contributed by atoms with Crippen LogP contribution in [0.2, 0.25) is 0 Å². The Hall–Kier alpha value is -1.61. The Morgan fingerprint density at radius 2 is 1.50 bits per heavy atom.